The predicted octanol–water partition coefficient (Wildman–Crippen LogP) is 9.88. The van der Waals surface area contributed by atoms with E-state index >= 15 is 4.79 Å². The van der Waals surface area contributed by atoms with Crippen LogP contribution in [0.2, 0.25) is 0 Å². The maximum Gasteiger partial charge on any atom is 0.214 e. The van der Waals surface area contributed by atoms with Gasteiger partial charge in [-0.3, -0.25) is 4.79 Å². The molecule has 280 valence electrons. The average molecular weight is 749 g/mol. The molecule has 0 aliphatic carbocycles. The summed E-state index contributed by atoms with van der Waals surface area (Å²) >= 11 is 0. The van der Waals surface area contributed by atoms with E-state index in [0.29, 0.717) is 34.3 Å². The van der Waals surface area contributed by atoms with Gasteiger partial charge in [-0.1, -0.05) is 60.7 Å². The molecule has 8 rings (SSSR count). The zero-order valence-electron chi connectivity index (χ0n) is 30.5. The van der Waals surface area contributed by atoms with Crippen LogP contribution in [-0.4, -0.2) is 39.9 Å². The maximum absolute atomic E-state index is 16.4. The summed E-state index contributed by atoms with van der Waals surface area (Å²) < 4.78 is 40.1. The second kappa shape index (κ2) is 15.8. The number of benzene rings is 4. The van der Waals surface area contributed by atoms with Gasteiger partial charge in [-0.25, -0.2) is 18.7 Å². The highest BCUT2D eigenvalue weighted by molar-refractivity contribution is 6.01. The molecular formula is C45H38F2N6O3. The Kier molecular flexibility index (Phi) is 10.1. The van der Waals surface area contributed by atoms with Gasteiger partial charge in [-0.05, 0) is 70.8 Å². The number of rotatable bonds is 14. The van der Waals surface area contributed by atoms with Crippen LogP contribution in [0.3, 0.4) is 0 Å². The van der Waals surface area contributed by atoms with E-state index < -0.39 is 35.6 Å². The van der Waals surface area contributed by atoms with Gasteiger partial charge in [0.05, 0.1) is 38.1 Å². The van der Waals surface area contributed by atoms with Crippen LogP contribution >= 0.6 is 0 Å². The van der Waals surface area contributed by atoms with E-state index in [1.165, 1.54) is 38.5 Å². The summed E-state index contributed by atoms with van der Waals surface area (Å²) in [5.74, 6) is -2.00. The zero-order valence-corrected chi connectivity index (χ0v) is 30.5. The van der Waals surface area contributed by atoms with Crippen LogP contribution in [0.25, 0.3) is 21.8 Å². The molecule has 0 aliphatic rings. The van der Waals surface area contributed by atoms with Gasteiger partial charge in [0.1, 0.15) is 11.6 Å². The van der Waals surface area contributed by atoms with Gasteiger partial charge in [-0.2, -0.15) is 0 Å². The lowest BCUT2D eigenvalue weighted by Gasteiger charge is -2.35. The minimum atomic E-state index is -0.897. The highest BCUT2D eigenvalue weighted by Crippen LogP contribution is 2.47. The van der Waals surface area contributed by atoms with Crippen molar-refractivity contribution >= 4 is 39.0 Å². The molecule has 11 heteroatoms. The number of methoxy groups -OCH3 is 2. The Balaban J connectivity index is 1.39. The van der Waals surface area contributed by atoms with Crippen LogP contribution in [-0.2, 0) is 4.79 Å². The average Bonchev–Trinajstić information content (AvgIpc) is 3.86. The van der Waals surface area contributed by atoms with Crippen molar-refractivity contribution in [2.24, 2.45) is 0 Å². The molecule has 4 aromatic carbocycles. The number of carbonyl (C=O) groups is 1. The van der Waals surface area contributed by atoms with Gasteiger partial charge in [0.25, 0.3) is 0 Å². The Labute approximate surface area is 321 Å². The van der Waals surface area contributed by atoms with Crippen LogP contribution in [0.4, 0.5) is 20.2 Å². The van der Waals surface area contributed by atoms with Crippen molar-refractivity contribution in [3.8, 4) is 11.8 Å². The normalized spacial score (nSPS) is 13.5. The minimum Gasteiger partial charge on any atom is -0.481 e. The molecule has 0 saturated carbocycles. The van der Waals surface area contributed by atoms with Crippen LogP contribution in [0, 0.1) is 11.6 Å². The van der Waals surface area contributed by atoms with E-state index in [-0.39, 0.29) is 5.78 Å². The third-order valence-electron chi connectivity index (χ3n) is 10.2. The fourth-order valence-corrected chi connectivity index (χ4v) is 7.53. The standard InChI is InChI=1S/C45H38F2N6O3/c1-55-39-23-31(19-21-48-39)52-43(27-11-15-29(46)16-12-27)41(35-25-50-37-9-5-3-7-33(35)37)45(54)42(36-26-51-38-10-6-4-8-34(36)38)44(28-13-17-30(47)18-14-28)53-32-20-22-49-40(24-32)56-2/h3-26,41-44,50-51H,1-2H3,(H,48,52)(H,49,53). The molecule has 4 aromatic heterocycles. The Bertz CT molecular complexity index is 2430. The molecule has 0 saturated heterocycles. The number of hydrogen-bond acceptors (Lipinski definition) is 7. The first-order valence-electron chi connectivity index (χ1n) is 18.1. The quantitative estimate of drug-likeness (QED) is 0.0875. The molecule has 8 aromatic rings. The minimum absolute atomic E-state index is 0.162. The number of aromatic amines is 2. The first-order chi connectivity index (χ1) is 27.4. The number of anilines is 2. The second-order valence-electron chi connectivity index (χ2n) is 13.5. The van der Waals surface area contributed by atoms with E-state index in [1.807, 2.05) is 60.9 Å². The molecule has 0 spiro atoms. The monoisotopic (exact) mass is 748 g/mol. The third kappa shape index (κ3) is 7.26. The van der Waals surface area contributed by atoms with Crippen molar-refractivity contribution < 1.29 is 23.0 Å². The van der Waals surface area contributed by atoms with Gasteiger partial charge in [-0.15, -0.1) is 0 Å². The number of carbonyl (C=O) groups excluding carboxylic acids is 1. The van der Waals surface area contributed by atoms with Crippen molar-refractivity contribution in [1.82, 2.24) is 19.9 Å². The molecule has 9 nitrogen and oxygen atoms in total. The molecule has 0 amide bonds. The van der Waals surface area contributed by atoms with Gasteiger partial charge in [0, 0.05) is 70.1 Å². The van der Waals surface area contributed by atoms with Gasteiger partial charge < -0.3 is 30.1 Å². The molecule has 0 aliphatic heterocycles. The van der Waals surface area contributed by atoms with Gasteiger partial charge in [0.15, 0.2) is 5.78 Å². The van der Waals surface area contributed by atoms with Crippen LogP contribution in [0.1, 0.15) is 46.2 Å². The van der Waals surface area contributed by atoms with Crippen molar-refractivity contribution in [3.63, 3.8) is 0 Å². The number of aromatic nitrogens is 4. The van der Waals surface area contributed by atoms with E-state index in [1.54, 1.807) is 60.9 Å². The Morgan fingerprint density at radius 1 is 0.589 bits per heavy atom. The number of fused-ring (bicyclic) bond motifs is 2. The number of nitrogens with zero attached hydrogens (tertiary/aromatic N) is 2. The predicted molar refractivity (Wildman–Crippen MR) is 214 cm³/mol. The van der Waals surface area contributed by atoms with E-state index in [2.05, 4.69) is 30.6 Å². The Hall–Kier alpha value is -7.01. The molecule has 0 fully saturated rings. The summed E-state index contributed by atoms with van der Waals surface area (Å²) in [4.78, 5) is 31.7. The Morgan fingerprint density at radius 2 is 1.00 bits per heavy atom. The van der Waals surface area contributed by atoms with E-state index in [0.717, 1.165) is 32.9 Å². The van der Waals surface area contributed by atoms with Crippen molar-refractivity contribution in [2.75, 3.05) is 24.9 Å². The largest absolute Gasteiger partial charge is 0.481 e. The van der Waals surface area contributed by atoms with Crippen molar-refractivity contribution in [3.05, 3.63) is 180 Å². The first kappa shape index (κ1) is 36.0. The van der Waals surface area contributed by atoms with Crippen LogP contribution in [0.5, 0.6) is 11.8 Å². The number of para-hydroxylation sites is 2. The lowest BCUT2D eigenvalue weighted by Crippen LogP contribution is -2.34. The molecular weight excluding hydrogens is 711 g/mol. The number of ether oxygens (including phenoxy) is 2. The lowest BCUT2D eigenvalue weighted by atomic mass is 9.73. The maximum atomic E-state index is 16.4. The molecule has 4 N–H and O–H groups in total. The number of nitrogens with one attached hydrogen (secondary N) is 4. The molecule has 4 unspecified atom stereocenters. The highest BCUT2D eigenvalue weighted by Gasteiger charge is 2.42. The fourth-order valence-electron chi connectivity index (χ4n) is 7.53. The summed E-state index contributed by atoms with van der Waals surface area (Å²) in [6.45, 7) is 0. The Morgan fingerprint density at radius 3 is 1.41 bits per heavy atom. The summed E-state index contributed by atoms with van der Waals surface area (Å²) in [5.41, 5.74) is 5.81. The number of H-pyrrole nitrogens is 2. The number of hydrogen-bond donors (Lipinski definition) is 4. The van der Waals surface area contributed by atoms with Crippen LogP contribution in [0.15, 0.2) is 146 Å². The van der Waals surface area contributed by atoms with Crippen molar-refractivity contribution in [1.29, 1.82) is 0 Å². The first-order valence-corrected chi connectivity index (χ1v) is 18.1. The van der Waals surface area contributed by atoms with E-state index in [9.17, 15) is 8.78 Å². The van der Waals surface area contributed by atoms with Gasteiger partial charge >= 0.3 is 0 Å². The van der Waals surface area contributed by atoms with Crippen molar-refractivity contribution in [2.45, 2.75) is 23.9 Å². The lowest BCUT2D eigenvalue weighted by molar-refractivity contribution is -0.122. The fraction of sp³-hybridized carbons (Fsp3) is 0.133. The summed E-state index contributed by atoms with van der Waals surface area (Å²) in [6, 6.07) is 33.6. The third-order valence-corrected chi connectivity index (χ3v) is 10.2. The topological polar surface area (TPSA) is 117 Å². The number of ketones is 1. The molecule has 56 heavy (non-hydrogen) atoms. The SMILES string of the molecule is COc1cc(NC(c2ccc(F)cc2)C(C(=O)C(c2c[nH]c3ccccc23)C(Nc2ccnc(OC)c2)c2ccc(F)cc2)c2c[nH]c3ccccc23)ccn1. The van der Waals surface area contributed by atoms with Gasteiger partial charge in [0.2, 0.25) is 11.8 Å². The second-order valence-corrected chi connectivity index (χ2v) is 13.5. The summed E-state index contributed by atoms with van der Waals surface area (Å²) in [7, 11) is 3.07. The zero-order chi connectivity index (χ0) is 38.6. The van der Waals surface area contributed by atoms with E-state index in [4.69, 9.17) is 9.47 Å². The summed E-state index contributed by atoms with van der Waals surface area (Å²) in [5, 5.41) is 8.98. The molecule has 0 bridgehead atoms. The number of Topliss-reactive ketones (excluding diaryl/α,β-unsaturated/α-hetero) is 1. The highest BCUT2D eigenvalue weighted by atomic mass is 19.1. The van der Waals surface area contributed by atoms with Crippen LogP contribution < -0.4 is 20.1 Å². The smallest absolute Gasteiger partial charge is 0.214 e. The molecule has 0 radical (unpaired) electrons. The molecule has 4 heterocycles. The number of pyridine rings is 2. The summed E-state index contributed by atoms with van der Waals surface area (Å²) in [6.07, 6.45) is 6.99. The molecule has 4 atom stereocenters. The number of halogens is 2.